The second-order valence-electron chi connectivity index (χ2n) is 7.88. The highest BCUT2D eigenvalue weighted by molar-refractivity contribution is 5.95. The number of hydrogen-bond acceptors (Lipinski definition) is 5. The van der Waals surface area contributed by atoms with E-state index in [0.717, 1.165) is 25.9 Å². The van der Waals surface area contributed by atoms with E-state index in [1.54, 1.807) is 27.8 Å². The van der Waals surface area contributed by atoms with Crippen LogP contribution in [0, 0.1) is 16.0 Å². The predicted octanol–water partition coefficient (Wildman–Crippen LogP) is 2.65. The first-order valence-electron chi connectivity index (χ1n) is 10.4. The van der Waals surface area contributed by atoms with Crippen LogP contribution in [0.15, 0.2) is 36.9 Å². The number of nitro groups is 1. The topological polar surface area (TPSA) is 102 Å². The minimum Gasteiger partial charge on any atom is -0.342 e. The lowest BCUT2D eigenvalue weighted by Crippen LogP contribution is -2.45. The lowest BCUT2D eigenvalue weighted by atomic mass is 9.94. The maximum absolute atomic E-state index is 12.9. The lowest BCUT2D eigenvalue weighted by molar-refractivity contribution is -0.384. The minimum atomic E-state index is -0.490. The molecular weight excluding hydrogens is 386 g/mol. The Morgan fingerprint density at radius 2 is 1.77 bits per heavy atom. The fraction of sp³-hybridized carbons (Fsp3) is 0.476. The monoisotopic (exact) mass is 411 g/mol. The number of imidazole rings is 1. The van der Waals surface area contributed by atoms with Gasteiger partial charge in [0.1, 0.15) is 5.69 Å². The predicted molar refractivity (Wildman–Crippen MR) is 109 cm³/mol. The van der Waals surface area contributed by atoms with Crippen molar-refractivity contribution in [3.05, 3.63) is 52.6 Å². The molecule has 158 valence electrons. The zero-order valence-corrected chi connectivity index (χ0v) is 16.8. The second-order valence-corrected chi connectivity index (χ2v) is 7.88. The Morgan fingerprint density at radius 1 is 1.03 bits per heavy atom. The van der Waals surface area contributed by atoms with Crippen molar-refractivity contribution in [2.24, 2.45) is 5.92 Å². The summed E-state index contributed by atoms with van der Waals surface area (Å²) >= 11 is 0. The second kappa shape index (κ2) is 8.64. The maximum Gasteiger partial charge on any atom is 0.294 e. The number of nitro benzene ring substituents is 1. The average molecular weight is 411 g/mol. The number of carbonyl (C=O) groups excluding carboxylic acids is 2. The van der Waals surface area contributed by atoms with E-state index in [1.165, 1.54) is 25.0 Å². The number of carbonyl (C=O) groups is 2. The van der Waals surface area contributed by atoms with Gasteiger partial charge >= 0.3 is 0 Å². The maximum atomic E-state index is 12.9. The molecule has 0 spiro atoms. The largest absolute Gasteiger partial charge is 0.342 e. The molecule has 9 nitrogen and oxygen atoms in total. The van der Waals surface area contributed by atoms with Crippen LogP contribution in [0.2, 0.25) is 0 Å². The third kappa shape index (κ3) is 4.05. The van der Waals surface area contributed by atoms with Crippen molar-refractivity contribution in [3.8, 4) is 5.69 Å². The first-order valence-corrected chi connectivity index (χ1v) is 10.4. The van der Waals surface area contributed by atoms with E-state index in [-0.39, 0.29) is 29.0 Å². The average Bonchev–Trinajstić information content (AvgIpc) is 3.33. The molecule has 2 aliphatic rings. The van der Waals surface area contributed by atoms with Gasteiger partial charge in [0, 0.05) is 56.1 Å². The normalized spacial score (nSPS) is 17.7. The molecule has 0 unspecified atom stereocenters. The molecule has 1 aromatic carbocycles. The smallest absolute Gasteiger partial charge is 0.294 e. The van der Waals surface area contributed by atoms with Crippen LogP contribution in [-0.2, 0) is 4.79 Å². The molecule has 0 radical (unpaired) electrons. The summed E-state index contributed by atoms with van der Waals surface area (Å²) in [6, 6.07) is 4.50. The van der Waals surface area contributed by atoms with E-state index in [1.807, 2.05) is 4.90 Å². The summed E-state index contributed by atoms with van der Waals surface area (Å²) in [7, 11) is 0. The van der Waals surface area contributed by atoms with Gasteiger partial charge in [-0.05, 0) is 44.2 Å². The summed E-state index contributed by atoms with van der Waals surface area (Å²) in [5.74, 6) is -0.0635. The van der Waals surface area contributed by atoms with Gasteiger partial charge in [-0.25, -0.2) is 4.98 Å². The number of rotatable bonds is 4. The zero-order chi connectivity index (χ0) is 21.1. The highest BCUT2D eigenvalue weighted by atomic mass is 16.6. The van der Waals surface area contributed by atoms with Crippen LogP contribution in [0.3, 0.4) is 0 Å². The number of nitrogens with zero attached hydrogens (tertiary/aromatic N) is 5. The Kier molecular flexibility index (Phi) is 5.78. The third-order valence-electron chi connectivity index (χ3n) is 6.00. The Balaban J connectivity index is 1.43. The molecule has 4 rings (SSSR count). The molecule has 0 bridgehead atoms. The van der Waals surface area contributed by atoms with E-state index < -0.39 is 4.92 Å². The summed E-state index contributed by atoms with van der Waals surface area (Å²) < 4.78 is 1.55. The van der Waals surface area contributed by atoms with Gasteiger partial charge in [-0.3, -0.25) is 19.7 Å². The zero-order valence-electron chi connectivity index (χ0n) is 16.8. The van der Waals surface area contributed by atoms with E-state index in [9.17, 15) is 19.7 Å². The summed E-state index contributed by atoms with van der Waals surface area (Å²) in [5.41, 5.74) is 0.500. The molecule has 1 aromatic heterocycles. The van der Waals surface area contributed by atoms with Crippen molar-refractivity contribution >= 4 is 17.5 Å². The van der Waals surface area contributed by atoms with Gasteiger partial charge in [0.2, 0.25) is 5.91 Å². The van der Waals surface area contributed by atoms with Crippen molar-refractivity contribution in [1.29, 1.82) is 0 Å². The van der Waals surface area contributed by atoms with E-state index in [0.29, 0.717) is 31.6 Å². The van der Waals surface area contributed by atoms with Crippen molar-refractivity contribution < 1.29 is 14.5 Å². The number of amides is 2. The van der Waals surface area contributed by atoms with E-state index in [4.69, 9.17) is 0 Å². The van der Waals surface area contributed by atoms with Crippen molar-refractivity contribution in [1.82, 2.24) is 19.4 Å². The van der Waals surface area contributed by atoms with E-state index >= 15 is 0 Å². The molecule has 3 heterocycles. The minimum absolute atomic E-state index is 0.0369. The standard InChI is InChI=1S/C21H25N5O4/c27-20(23-9-2-1-3-10-23)16-6-11-24(12-7-16)21(28)17-4-5-18(19(14-17)26(29)30)25-13-8-22-15-25/h4-5,8,13-16H,1-3,6-7,9-12H2. The number of likely N-dealkylation sites (tertiary alicyclic amines) is 2. The first-order chi connectivity index (χ1) is 14.5. The summed E-state index contributed by atoms with van der Waals surface area (Å²) in [4.78, 5) is 44.3. The molecular formula is C21H25N5O4. The van der Waals surface area contributed by atoms with Crippen LogP contribution in [0.5, 0.6) is 0 Å². The highest BCUT2D eigenvalue weighted by Crippen LogP contribution is 2.27. The van der Waals surface area contributed by atoms with Crippen LogP contribution in [0.25, 0.3) is 5.69 Å². The molecule has 0 atom stereocenters. The van der Waals surface area contributed by atoms with Crippen LogP contribution >= 0.6 is 0 Å². The van der Waals surface area contributed by atoms with Crippen LogP contribution < -0.4 is 0 Å². The number of aromatic nitrogens is 2. The molecule has 0 N–H and O–H groups in total. The third-order valence-corrected chi connectivity index (χ3v) is 6.00. The fourth-order valence-electron chi connectivity index (χ4n) is 4.31. The quantitative estimate of drug-likeness (QED) is 0.569. The number of hydrogen-bond donors (Lipinski definition) is 0. The lowest BCUT2D eigenvalue weighted by Gasteiger charge is -2.35. The molecule has 2 amide bonds. The van der Waals surface area contributed by atoms with Gasteiger partial charge in [0.15, 0.2) is 0 Å². The van der Waals surface area contributed by atoms with Crippen molar-refractivity contribution in [3.63, 3.8) is 0 Å². The highest BCUT2D eigenvalue weighted by Gasteiger charge is 2.31. The van der Waals surface area contributed by atoms with Crippen LogP contribution in [0.1, 0.15) is 42.5 Å². The Bertz CT molecular complexity index is 929. The van der Waals surface area contributed by atoms with E-state index in [2.05, 4.69) is 4.98 Å². The number of benzene rings is 1. The molecule has 0 saturated carbocycles. The van der Waals surface area contributed by atoms with Gasteiger partial charge in [0.25, 0.3) is 11.6 Å². The molecule has 30 heavy (non-hydrogen) atoms. The number of piperidine rings is 2. The van der Waals surface area contributed by atoms with Crippen molar-refractivity contribution in [2.45, 2.75) is 32.1 Å². The summed E-state index contributed by atoms with van der Waals surface area (Å²) in [5, 5.41) is 11.5. The van der Waals surface area contributed by atoms with Gasteiger partial charge < -0.3 is 14.4 Å². The Labute approximate surface area is 174 Å². The first kappa shape index (κ1) is 20.1. The molecule has 0 aliphatic carbocycles. The molecule has 2 saturated heterocycles. The van der Waals surface area contributed by atoms with Gasteiger partial charge in [0.05, 0.1) is 11.3 Å². The molecule has 2 fully saturated rings. The molecule has 2 aromatic rings. The Morgan fingerprint density at radius 3 is 2.40 bits per heavy atom. The Hall–Kier alpha value is -3.23. The van der Waals surface area contributed by atoms with Crippen LogP contribution in [-0.4, -0.2) is 62.3 Å². The van der Waals surface area contributed by atoms with Gasteiger partial charge in [-0.2, -0.15) is 0 Å². The SMILES string of the molecule is O=C(c1ccc(-n2ccnc2)c([N+](=O)[O-])c1)N1CCC(C(=O)N2CCCCC2)CC1. The molecule has 2 aliphatic heterocycles. The summed E-state index contributed by atoms with van der Waals surface area (Å²) in [6.45, 7) is 2.65. The van der Waals surface area contributed by atoms with Crippen LogP contribution in [0.4, 0.5) is 5.69 Å². The molecule has 9 heteroatoms. The van der Waals surface area contributed by atoms with Crippen molar-refractivity contribution in [2.75, 3.05) is 26.2 Å². The summed E-state index contributed by atoms with van der Waals surface area (Å²) in [6.07, 6.45) is 9.23. The fourth-order valence-corrected chi connectivity index (χ4v) is 4.31. The van der Waals surface area contributed by atoms with Gasteiger partial charge in [-0.1, -0.05) is 0 Å². The van der Waals surface area contributed by atoms with Gasteiger partial charge in [-0.15, -0.1) is 0 Å².